The molecule has 1 aliphatic heterocycles. The zero-order valence-corrected chi connectivity index (χ0v) is 16.8. The summed E-state index contributed by atoms with van der Waals surface area (Å²) in [4.78, 5) is 14.2. The molecule has 1 amide bonds. The summed E-state index contributed by atoms with van der Waals surface area (Å²) in [6, 6.07) is 3.38. The lowest BCUT2D eigenvalue weighted by Crippen LogP contribution is -2.50. The molecule has 24 heavy (non-hydrogen) atoms. The molecule has 0 unspecified atom stereocenters. The second kappa shape index (κ2) is 7.85. The fraction of sp³-hybridized carbons (Fsp3) is 0.688. The minimum absolute atomic E-state index is 0.179. The molecule has 0 spiro atoms. The van der Waals surface area contributed by atoms with Crippen LogP contribution in [0.1, 0.15) is 38.5 Å². The van der Waals surface area contributed by atoms with Crippen molar-refractivity contribution in [2.75, 3.05) is 26.2 Å². The molecule has 0 N–H and O–H groups in total. The van der Waals surface area contributed by atoms with Crippen molar-refractivity contribution in [3.63, 3.8) is 0 Å². The number of amides is 1. The Morgan fingerprint density at radius 2 is 1.83 bits per heavy atom. The fourth-order valence-corrected chi connectivity index (χ4v) is 7.11. The van der Waals surface area contributed by atoms with Crippen molar-refractivity contribution in [2.45, 2.75) is 42.7 Å². The van der Waals surface area contributed by atoms with Crippen LogP contribution >= 0.6 is 27.3 Å². The summed E-state index contributed by atoms with van der Waals surface area (Å²) in [5, 5.41) is 0. The van der Waals surface area contributed by atoms with Gasteiger partial charge in [0.05, 0.1) is 3.79 Å². The number of sulfonamides is 1. The Hall–Kier alpha value is -0.440. The Kier molecular flexibility index (Phi) is 6.00. The predicted molar refractivity (Wildman–Crippen MR) is 98.5 cm³/mol. The van der Waals surface area contributed by atoms with Gasteiger partial charge in [-0.25, -0.2) is 8.42 Å². The standard InChI is InChI=1S/C16H23BrN2O3S2/c17-14-6-8-16(23-14)24(21,22)19-11-9-18(10-12-19)15(20)7-5-13-3-1-2-4-13/h6,8,13H,1-5,7,9-12H2. The van der Waals surface area contributed by atoms with Crippen molar-refractivity contribution in [1.29, 1.82) is 0 Å². The van der Waals surface area contributed by atoms with E-state index in [2.05, 4.69) is 15.9 Å². The fourth-order valence-electron chi connectivity index (χ4n) is 3.53. The van der Waals surface area contributed by atoms with Crippen LogP contribution in [0.15, 0.2) is 20.1 Å². The van der Waals surface area contributed by atoms with Gasteiger partial charge in [0.15, 0.2) is 0 Å². The topological polar surface area (TPSA) is 57.7 Å². The summed E-state index contributed by atoms with van der Waals surface area (Å²) >= 11 is 4.53. The first-order chi connectivity index (χ1) is 11.5. The minimum Gasteiger partial charge on any atom is -0.340 e. The highest BCUT2D eigenvalue weighted by atomic mass is 79.9. The SMILES string of the molecule is O=C(CCC1CCCC1)N1CCN(S(=O)(=O)c2ccc(Br)s2)CC1. The van der Waals surface area contributed by atoms with Crippen LogP contribution in [0.3, 0.4) is 0 Å². The Morgan fingerprint density at radius 3 is 2.42 bits per heavy atom. The van der Waals surface area contributed by atoms with Crippen LogP contribution in [-0.4, -0.2) is 49.7 Å². The number of piperazine rings is 1. The summed E-state index contributed by atoms with van der Waals surface area (Å²) in [5.41, 5.74) is 0. The van der Waals surface area contributed by atoms with E-state index in [1.54, 1.807) is 12.1 Å². The molecule has 0 bridgehead atoms. The highest BCUT2D eigenvalue weighted by molar-refractivity contribution is 9.11. The van der Waals surface area contributed by atoms with E-state index >= 15 is 0 Å². The molecular weight excluding hydrogens is 412 g/mol. The van der Waals surface area contributed by atoms with Gasteiger partial charge in [-0.05, 0) is 40.4 Å². The summed E-state index contributed by atoms with van der Waals surface area (Å²) in [5.74, 6) is 0.894. The van der Waals surface area contributed by atoms with Gasteiger partial charge in [0.1, 0.15) is 4.21 Å². The Labute approximate surface area is 156 Å². The second-order valence-corrected chi connectivity index (χ2v) is 11.2. The van der Waals surface area contributed by atoms with Crippen molar-refractivity contribution >= 4 is 43.2 Å². The van der Waals surface area contributed by atoms with E-state index in [-0.39, 0.29) is 5.91 Å². The van der Waals surface area contributed by atoms with Crippen molar-refractivity contribution < 1.29 is 13.2 Å². The quantitative estimate of drug-likeness (QED) is 0.713. The molecule has 2 aliphatic rings. The third-order valence-electron chi connectivity index (χ3n) is 4.98. The Bertz CT molecular complexity index is 675. The van der Waals surface area contributed by atoms with E-state index in [9.17, 15) is 13.2 Å². The number of nitrogens with zero attached hydrogens (tertiary/aromatic N) is 2. The monoisotopic (exact) mass is 434 g/mol. The normalized spacial score (nSPS) is 20.6. The van der Waals surface area contributed by atoms with Gasteiger partial charge in [-0.1, -0.05) is 25.7 Å². The zero-order valence-electron chi connectivity index (χ0n) is 13.6. The first-order valence-corrected chi connectivity index (χ1v) is 11.5. The Morgan fingerprint density at radius 1 is 1.17 bits per heavy atom. The number of hydrogen-bond acceptors (Lipinski definition) is 4. The lowest BCUT2D eigenvalue weighted by Gasteiger charge is -2.34. The van der Waals surface area contributed by atoms with E-state index < -0.39 is 10.0 Å². The van der Waals surface area contributed by atoms with Crippen molar-refractivity contribution in [3.8, 4) is 0 Å². The maximum Gasteiger partial charge on any atom is 0.252 e. The van der Waals surface area contributed by atoms with Gasteiger partial charge >= 0.3 is 0 Å². The van der Waals surface area contributed by atoms with Gasteiger partial charge < -0.3 is 4.90 Å². The lowest BCUT2D eigenvalue weighted by molar-refractivity contribution is -0.132. The number of hydrogen-bond donors (Lipinski definition) is 0. The highest BCUT2D eigenvalue weighted by Gasteiger charge is 2.31. The van der Waals surface area contributed by atoms with Crippen LogP contribution < -0.4 is 0 Å². The molecule has 134 valence electrons. The number of rotatable bonds is 5. The number of thiophene rings is 1. The van der Waals surface area contributed by atoms with E-state index in [4.69, 9.17) is 0 Å². The average molecular weight is 435 g/mol. The summed E-state index contributed by atoms with van der Waals surface area (Å²) < 4.78 is 27.8. The maximum absolute atomic E-state index is 12.6. The summed E-state index contributed by atoms with van der Waals surface area (Å²) in [6.45, 7) is 1.75. The van der Waals surface area contributed by atoms with Gasteiger partial charge in [0, 0.05) is 32.6 Å². The van der Waals surface area contributed by atoms with E-state index in [0.717, 1.165) is 10.2 Å². The summed E-state index contributed by atoms with van der Waals surface area (Å²) in [6.07, 6.45) is 6.71. The van der Waals surface area contributed by atoms with Crippen molar-refractivity contribution in [1.82, 2.24) is 9.21 Å². The van der Waals surface area contributed by atoms with Gasteiger partial charge in [0.2, 0.25) is 5.91 Å². The number of carbonyl (C=O) groups is 1. The molecule has 1 saturated heterocycles. The van der Waals surface area contributed by atoms with Crippen LogP contribution in [0.2, 0.25) is 0 Å². The molecule has 0 radical (unpaired) electrons. The lowest BCUT2D eigenvalue weighted by atomic mass is 10.0. The number of halogens is 1. The second-order valence-electron chi connectivity index (χ2n) is 6.53. The summed E-state index contributed by atoms with van der Waals surface area (Å²) in [7, 11) is -3.43. The van der Waals surface area contributed by atoms with Crippen molar-refractivity contribution in [2.24, 2.45) is 5.92 Å². The van der Waals surface area contributed by atoms with Gasteiger partial charge in [-0.15, -0.1) is 11.3 Å². The van der Waals surface area contributed by atoms with Crippen LogP contribution in [0.4, 0.5) is 0 Å². The highest BCUT2D eigenvalue weighted by Crippen LogP contribution is 2.30. The predicted octanol–water partition coefficient (Wildman–Crippen LogP) is 3.31. The molecule has 0 aromatic carbocycles. The molecule has 1 aliphatic carbocycles. The van der Waals surface area contributed by atoms with Gasteiger partial charge in [-0.3, -0.25) is 4.79 Å². The Balaban J connectivity index is 1.50. The molecule has 2 fully saturated rings. The molecule has 1 aromatic rings. The molecule has 3 rings (SSSR count). The molecule has 5 nitrogen and oxygen atoms in total. The first-order valence-electron chi connectivity index (χ1n) is 8.50. The third kappa shape index (κ3) is 4.20. The maximum atomic E-state index is 12.6. The minimum atomic E-state index is -3.43. The number of carbonyl (C=O) groups excluding carboxylic acids is 1. The third-order valence-corrected chi connectivity index (χ3v) is 8.96. The largest absolute Gasteiger partial charge is 0.340 e. The van der Waals surface area contributed by atoms with Crippen molar-refractivity contribution in [3.05, 3.63) is 15.9 Å². The first kappa shape index (κ1) is 18.4. The van der Waals surface area contributed by atoms with Gasteiger partial charge in [0.25, 0.3) is 10.0 Å². The van der Waals surface area contributed by atoms with E-state index in [0.29, 0.717) is 42.7 Å². The molecule has 1 saturated carbocycles. The van der Waals surface area contributed by atoms with Crippen LogP contribution in [-0.2, 0) is 14.8 Å². The van der Waals surface area contributed by atoms with Crippen LogP contribution in [0.5, 0.6) is 0 Å². The molecule has 1 aromatic heterocycles. The van der Waals surface area contributed by atoms with Crippen LogP contribution in [0, 0.1) is 5.92 Å². The molecule has 0 atom stereocenters. The van der Waals surface area contributed by atoms with E-state index in [1.165, 1.54) is 41.3 Å². The van der Waals surface area contributed by atoms with E-state index in [1.807, 2.05) is 4.90 Å². The average Bonchev–Trinajstić information content (AvgIpc) is 3.24. The molecular formula is C16H23BrN2O3S2. The molecule has 2 heterocycles. The van der Waals surface area contributed by atoms with Crippen LogP contribution in [0.25, 0.3) is 0 Å². The van der Waals surface area contributed by atoms with Gasteiger partial charge in [-0.2, -0.15) is 4.31 Å². The smallest absolute Gasteiger partial charge is 0.252 e. The zero-order chi connectivity index (χ0) is 17.2. The molecule has 8 heteroatoms.